The number of rotatable bonds is 5. The van der Waals surface area contributed by atoms with Crippen molar-refractivity contribution in [2.45, 2.75) is 13.2 Å². The van der Waals surface area contributed by atoms with Crippen LogP contribution in [0.5, 0.6) is 5.75 Å². The van der Waals surface area contributed by atoms with Crippen molar-refractivity contribution >= 4 is 23.9 Å². The maximum Gasteiger partial charge on any atom is 0.341 e. The number of hydrogen-bond donors (Lipinski definition) is 1. The predicted octanol–water partition coefficient (Wildman–Crippen LogP) is 1.13. The van der Waals surface area contributed by atoms with Gasteiger partial charge in [-0.15, -0.1) is 0 Å². The molecule has 1 N–H and O–H groups in total. The lowest BCUT2D eigenvalue weighted by Crippen LogP contribution is -2.34. The predicted molar refractivity (Wildman–Crippen MR) is 85.0 cm³/mol. The molecule has 1 atom stereocenters. The van der Waals surface area contributed by atoms with Crippen molar-refractivity contribution in [3.05, 3.63) is 47.6 Å². The zero-order chi connectivity index (χ0) is 17.7. The van der Waals surface area contributed by atoms with E-state index >= 15 is 0 Å². The molecule has 1 aromatic carbocycles. The molecule has 1 unspecified atom stereocenters. The molecule has 0 radical (unpaired) electrons. The molecule has 1 aliphatic rings. The van der Waals surface area contributed by atoms with Crippen molar-refractivity contribution in [1.29, 1.82) is 0 Å². The van der Waals surface area contributed by atoms with E-state index in [-0.39, 0.29) is 17.2 Å². The summed E-state index contributed by atoms with van der Waals surface area (Å²) >= 11 is 0. The quantitative estimate of drug-likeness (QED) is 0.642. The van der Waals surface area contributed by atoms with Crippen LogP contribution in [0, 0.1) is 0 Å². The summed E-state index contributed by atoms with van der Waals surface area (Å²) in [6.45, 7) is 1.56. The minimum atomic E-state index is -1.08. The van der Waals surface area contributed by atoms with E-state index in [4.69, 9.17) is 4.74 Å². The molecular formula is C17H17NO6. The molecule has 0 fully saturated rings. The number of esters is 2. The first-order valence-electron chi connectivity index (χ1n) is 7.16. The Hall–Kier alpha value is -2.93. The average Bonchev–Trinajstić information content (AvgIpc) is 2.98. The van der Waals surface area contributed by atoms with E-state index in [1.807, 2.05) is 0 Å². The number of ether oxygens (including phenoxy) is 2. The van der Waals surface area contributed by atoms with Crippen LogP contribution in [0.1, 0.15) is 22.8 Å². The highest BCUT2D eigenvalue weighted by Crippen LogP contribution is 2.22. The number of aliphatic hydroxyl groups excluding tert-OH is 1. The van der Waals surface area contributed by atoms with Crippen LogP contribution in [0.3, 0.4) is 0 Å². The minimum Gasteiger partial charge on any atom is -0.465 e. The average molecular weight is 331 g/mol. The van der Waals surface area contributed by atoms with E-state index in [0.29, 0.717) is 12.1 Å². The summed E-state index contributed by atoms with van der Waals surface area (Å²) in [7, 11) is 1.22. The second kappa shape index (κ2) is 7.56. The zero-order valence-corrected chi connectivity index (χ0v) is 13.3. The third kappa shape index (κ3) is 4.08. The van der Waals surface area contributed by atoms with Gasteiger partial charge in [-0.2, -0.15) is 0 Å². The van der Waals surface area contributed by atoms with Gasteiger partial charge in [0.05, 0.1) is 7.11 Å². The number of methoxy groups -OCH3 is 1. The van der Waals surface area contributed by atoms with Crippen LogP contribution in [0.15, 0.2) is 36.4 Å². The van der Waals surface area contributed by atoms with Crippen LogP contribution >= 0.6 is 0 Å². The fraction of sp³-hybridized carbons (Fsp3) is 0.235. The van der Waals surface area contributed by atoms with Crippen LogP contribution in [0.4, 0.5) is 0 Å². The Bertz CT molecular complexity index is 722. The van der Waals surface area contributed by atoms with Crippen molar-refractivity contribution in [1.82, 2.24) is 4.90 Å². The first-order valence-corrected chi connectivity index (χ1v) is 7.16. The Labute approximate surface area is 138 Å². The van der Waals surface area contributed by atoms with Gasteiger partial charge in [-0.3, -0.25) is 9.59 Å². The largest absolute Gasteiger partial charge is 0.465 e. The van der Waals surface area contributed by atoms with E-state index < -0.39 is 18.2 Å². The van der Waals surface area contributed by atoms with Crippen molar-refractivity contribution in [2.24, 2.45) is 0 Å². The summed E-state index contributed by atoms with van der Waals surface area (Å²) in [5.41, 5.74) is 0.660. The van der Waals surface area contributed by atoms with E-state index in [2.05, 4.69) is 4.74 Å². The molecule has 2 rings (SSSR count). The lowest BCUT2D eigenvalue weighted by Gasteiger charge is -2.19. The standard InChI is InChI=1S/C17H17NO6/c1-11(19)24-14-7-5-12(10-13(14)17(22)23-2)6-8-16(21)18-9-3-4-15(18)20/h3-8,10,16,21H,9H2,1-2H3/b8-6+. The molecule has 0 saturated heterocycles. The van der Waals surface area contributed by atoms with Crippen molar-refractivity contribution in [2.75, 3.05) is 13.7 Å². The molecule has 1 heterocycles. The Kier molecular flexibility index (Phi) is 5.49. The molecule has 24 heavy (non-hydrogen) atoms. The third-order valence-electron chi connectivity index (χ3n) is 3.29. The lowest BCUT2D eigenvalue weighted by molar-refractivity contribution is -0.132. The SMILES string of the molecule is COC(=O)c1cc(/C=C/C(O)N2CC=CC2=O)ccc1OC(C)=O. The third-order valence-corrected chi connectivity index (χ3v) is 3.29. The van der Waals surface area contributed by atoms with Gasteiger partial charge in [-0.05, 0) is 23.8 Å². The molecule has 7 nitrogen and oxygen atoms in total. The highest BCUT2D eigenvalue weighted by Gasteiger charge is 2.20. The van der Waals surface area contributed by atoms with Gasteiger partial charge in [0.1, 0.15) is 17.5 Å². The second-order valence-corrected chi connectivity index (χ2v) is 5.01. The summed E-state index contributed by atoms with van der Waals surface area (Å²) in [6.07, 6.45) is 4.94. The summed E-state index contributed by atoms with van der Waals surface area (Å²) in [5, 5.41) is 10.00. The van der Waals surface area contributed by atoms with E-state index in [1.54, 1.807) is 18.2 Å². The van der Waals surface area contributed by atoms with Gasteiger partial charge in [0, 0.05) is 19.5 Å². The first kappa shape index (κ1) is 17.4. The number of carbonyl (C=O) groups is 3. The number of aliphatic hydroxyl groups is 1. The maximum absolute atomic E-state index is 11.8. The molecule has 0 aliphatic carbocycles. The summed E-state index contributed by atoms with van der Waals surface area (Å²) < 4.78 is 9.64. The molecule has 7 heteroatoms. The fourth-order valence-corrected chi connectivity index (χ4v) is 2.16. The van der Waals surface area contributed by atoms with Crippen molar-refractivity contribution in [3.8, 4) is 5.75 Å². The van der Waals surface area contributed by atoms with Crippen LogP contribution in [0.2, 0.25) is 0 Å². The Morgan fingerprint density at radius 2 is 2.12 bits per heavy atom. The number of benzene rings is 1. The lowest BCUT2D eigenvalue weighted by atomic mass is 10.1. The van der Waals surface area contributed by atoms with Crippen LogP contribution in [-0.2, 0) is 14.3 Å². The number of carbonyl (C=O) groups excluding carboxylic acids is 3. The van der Waals surface area contributed by atoms with Crippen LogP contribution in [-0.4, -0.2) is 47.7 Å². The molecule has 1 aromatic rings. The molecular weight excluding hydrogens is 314 g/mol. The molecule has 1 aliphatic heterocycles. The van der Waals surface area contributed by atoms with E-state index in [9.17, 15) is 19.5 Å². The Morgan fingerprint density at radius 3 is 2.71 bits per heavy atom. The van der Waals surface area contributed by atoms with Gasteiger partial charge in [-0.25, -0.2) is 4.79 Å². The summed E-state index contributed by atoms with van der Waals surface area (Å²) in [4.78, 5) is 35.7. The van der Waals surface area contributed by atoms with E-state index in [1.165, 1.54) is 43.2 Å². The van der Waals surface area contributed by atoms with Gasteiger partial charge in [0.15, 0.2) is 0 Å². The number of nitrogens with zero attached hydrogens (tertiary/aromatic N) is 1. The Balaban J connectivity index is 2.21. The highest BCUT2D eigenvalue weighted by molar-refractivity contribution is 5.94. The highest BCUT2D eigenvalue weighted by atomic mass is 16.5. The molecule has 1 amide bonds. The topological polar surface area (TPSA) is 93.1 Å². The minimum absolute atomic E-state index is 0.0863. The fourth-order valence-electron chi connectivity index (χ4n) is 2.16. The molecule has 0 bridgehead atoms. The van der Waals surface area contributed by atoms with Crippen molar-refractivity contribution < 1.29 is 29.0 Å². The maximum atomic E-state index is 11.8. The monoisotopic (exact) mass is 331 g/mol. The Morgan fingerprint density at radius 1 is 1.38 bits per heavy atom. The summed E-state index contributed by atoms with van der Waals surface area (Å²) in [5.74, 6) is -1.39. The van der Waals surface area contributed by atoms with Crippen LogP contribution in [0.25, 0.3) is 6.08 Å². The summed E-state index contributed by atoms with van der Waals surface area (Å²) in [6, 6.07) is 4.54. The van der Waals surface area contributed by atoms with E-state index in [0.717, 1.165) is 0 Å². The molecule has 0 spiro atoms. The molecule has 0 saturated carbocycles. The number of amides is 1. The van der Waals surface area contributed by atoms with Crippen molar-refractivity contribution in [3.63, 3.8) is 0 Å². The van der Waals surface area contributed by atoms with Crippen LogP contribution < -0.4 is 4.74 Å². The first-order chi connectivity index (χ1) is 11.4. The van der Waals surface area contributed by atoms with Gasteiger partial charge >= 0.3 is 11.9 Å². The molecule has 126 valence electrons. The normalized spacial score (nSPS) is 15.0. The second-order valence-electron chi connectivity index (χ2n) is 5.01. The van der Waals surface area contributed by atoms with Gasteiger partial charge in [-0.1, -0.05) is 18.2 Å². The number of hydrogen-bond acceptors (Lipinski definition) is 6. The van der Waals surface area contributed by atoms with Gasteiger partial charge in [0.25, 0.3) is 0 Å². The molecule has 0 aromatic heterocycles. The zero-order valence-electron chi connectivity index (χ0n) is 13.3. The van der Waals surface area contributed by atoms with Gasteiger partial charge in [0.2, 0.25) is 5.91 Å². The smallest absolute Gasteiger partial charge is 0.341 e. The van der Waals surface area contributed by atoms with Gasteiger partial charge < -0.3 is 19.5 Å².